The van der Waals surface area contributed by atoms with Crippen LogP contribution in [0.4, 0.5) is 5.69 Å². The van der Waals surface area contributed by atoms with Gasteiger partial charge in [0.15, 0.2) is 0 Å². The number of fused-ring (bicyclic) bond motifs is 1. The third kappa shape index (κ3) is 2.95. The Kier molecular flexibility index (Phi) is 3.90. The van der Waals surface area contributed by atoms with Gasteiger partial charge >= 0.3 is 0 Å². The fourth-order valence-corrected chi connectivity index (χ4v) is 2.96. The molecule has 1 aliphatic heterocycles. The minimum absolute atomic E-state index is 0.0130. The molecule has 20 heavy (non-hydrogen) atoms. The van der Waals surface area contributed by atoms with E-state index in [9.17, 15) is 4.79 Å². The van der Waals surface area contributed by atoms with Gasteiger partial charge in [0.1, 0.15) is 11.0 Å². The van der Waals surface area contributed by atoms with Crippen molar-refractivity contribution in [1.29, 1.82) is 0 Å². The lowest BCUT2D eigenvalue weighted by Gasteiger charge is -2.29. The van der Waals surface area contributed by atoms with Crippen molar-refractivity contribution >= 4 is 34.4 Å². The lowest BCUT2D eigenvalue weighted by molar-refractivity contribution is -0.117. The van der Waals surface area contributed by atoms with Crippen molar-refractivity contribution < 1.29 is 4.79 Å². The lowest BCUT2D eigenvalue weighted by atomic mass is 10.1. The summed E-state index contributed by atoms with van der Waals surface area (Å²) in [5.41, 5.74) is 8.16. The van der Waals surface area contributed by atoms with Crippen molar-refractivity contribution in [2.24, 2.45) is 5.73 Å². The van der Waals surface area contributed by atoms with E-state index in [4.69, 9.17) is 5.73 Å². The minimum Gasteiger partial charge on any atom is -0.328 e. The predicted octanol–water partition coefficient (Wildman–Crippen LogP) is 1.05. The molecule has 0 radical (unpaired) electrons. The second-order valence-electron chi connectivity index (χ2n) is 5.10. The van der Waals surface area contributed by atoms with Crippen molar-refractivity contribution in [1.82, 2.24) is 13.6 Å². The Morgan fingerprint density at radius 3 is 3.00 bits per heavy atom. The Hall–Kier alpha value is -1.57. The number of hydrogen-bond donors (Lipinski definition) is 2. The van der Waals surface area contributed by atoms with Gasteiger partial charge < -0.3 is 11.1 Å². The Balaban J connectivity index is 1.63. The molecular weight excluding hydrogens is 274 g/mol. The first-order valence-corrected chi connectivity index (χ1v) is 7.44. The Labute approximate surface area is 121 Å². The molecule has 0 atom stereocenters. The van der Waals surface area contributed by atoms with Crippen LogP contribution in [0.15, 0.2) is 18.2 Å². The molecule has 7 heteroatoms. The third-order valence-electron chi connectivity index (χ3n) is 3.56. The van der Waals surface area contributed by atoms with Gasteiger partial charge in [-0.3, -0.25) is 9.69 Å². The molecule has 6 nitrogen and oxygen atoms in total. The van der Waals surface area contributed by atoms with E-state index in [1.807, 2.05) is 18.2 Å². The zero-order chi connectivity index (χ0) is 13.9. The molecule has 1 aliphatic rings. The summed E-state index contributed by atoms with van der Waals surface area (Å²) in [6.07, 6.45) is 1.91. The molecule has 1 amide bonds. The Morgan fingerprint density at radius 1 is 1.40 bits per heavy atom. The minimum atomic E-state index is -0.0130. The average molecular weight is 291 g/mol. The van der Waals surface area contributed by atoms with E-state index in [0.717, 1.165) is 54.4 Å². The molecule has 1 saturated heterocycles. The Morgan fingerprint density at radius 2 is 2.20 bits per heavy atom. The van der Waals surface area contributed by atoms with Crippen LogP contribution in [-0.2, 0) is 4.79 Å². The molecular formula is C13H17N5OS. The number of carbonyl (C=O) groups is 1. The molecule has 0 spiro atoms. The normalized spacial score (nSPS) is 17.4. The fourth-order valence-electron chi connectivity index (χ4n) is 2.41. The number of nitrogens with one attached hydrogen (secondary N) is 1. The van der Waals surface area contributed by atoms with Crippen LogP contribution in [0.5, 0.6) is 0 Å². The molecule has 1 fully saturated rings. The average Bonchev–Trinajstić information content (AvgIpc) is 2.91. The first kappa shape index (κ1) is 13.4. The number of benzene rings is 1. The van der Waals surface area contributed by atoms with Gasteiger partial charge in [0, 0.05) is 19.1 Å². The molecule has 0 aliphatic carbocycles. The van der Waals surface area contributed by atoms with Crippen LogP contribution in [-0.4, -0.2) is 45.2 Å². The SMILES string of the molecule is NC1CCN(CC(=O)Nc2cccc3nsnc23)CC1. The molecule has 2 aromatic rings. The van der Waals surface area contributed by atoms with Crippen molar-refractivity contribution in [3.05, 3.63) is 18.2 Å². The number of piperidine rings is 1. The number of aromatic nitrogens is 2. The summed E-state index contributed by atoms with van der Waals surface area (Å²) < 4.78 is 8.38. The zero-order valence-corrected chi connectivity index (χ0v) is 11.9. The standard InChI is InChI=1S/C13H17N5OS/c14-9-4-6-18(7-5-9)8-12(19)15-10-2-1-3-11-13(10)17-20-16-11/h1-3,9H,4-8,14H2,(H,15,19). The van der Waals surface area contributed by atoms with Gasteiger partial charge in [-0.2, -0.15) is 8.75 Å². The highest BCUT2D eigenvalue weighted by atomic mass is 32.1. The van der Waals surface area contributed by atoms with Gasteiger partial charge in [-0.05, 0) is 25.0 Å². The van der Waals surface area contributed by atoms with Crippen LogP contribution in [0.1, 0.15) is 12.8 Å². The molecule has 2 heterocycles. The van der Waals surface area contributed by atoms with Crippen molar-refractivity contribution in [3.8, 4) is 0 Å². The van der Waals surface area contributed by atoms with Crippen LogP contribution < -0.4 is 11.1 Å². The number of hydrogen-bond acceptors (Lipinski definition) is 6. The largest absolute Gasteiger partial charge is 0.328 e. The highest BCUT2D eigenvalue weighted by Crippen LogP contribution is 2.21. The maximum atomic E-state index is 12.1. The van der Waals surface area contributed by atoms with Crippen LogP contribution in [0.3, 0.4) is 0 Å². The van der Waals surface area contributed by atoms with Gasteiger partial charge in [0.2, 0.25) is 5.91 Å². The second-order valence-corrected chi connectivity index (χ2v) is 5.63. The van der Waals surface area contributed by atoms with Gasteiger partial charge in [-0.25, -0.2) is 0 Å². The summed E-state index contributed by atoms with van der Waals surface area (Å²) in [4.78, 5) is 14.2. The van der Waals surface area contributed by atoms with Crippen molar-refractivity contribution in [3.63, 3.8) is 0 Å². The van der Waals surface area contributed by atoms with E-state index in [1.54, 1.807) is 0 Å². The smallest absolute Gasteiger partial charge is 0.238 e. The number of nitrogens with two attached hydrogens (primary N) is 1. The Bertz CT molecular complexity index is 606. The maximum absolute atomic E-state index is 12.1. The molecule has 0 saturated carbocycles. The van der Waals surface area contributed by atoms with Crippen LogP contribution >= 0.6 is 11.7 Å². The van der Waals surface area contributed by atoms with E-state index in [2.05, 4.69) is 19.0 Å². The maximum Gasteiger partial charge on any atom is 0.238 e. The van der Waals surface area contributed by atoms with Crippen LogP contribution in [0, 0.1) is 0 Å². The van der Waals surface area contributed by atoms with Gasteiger partial charge in [0.25, 0.3) is 0 Å². The molecule has 0 unspecified atom stereocenters. The van der Waals surface area contributed by atoms with Gasteiger partial charge in [0.05, 0.1) is 24.0 Å². The number of amides is 1. The van der Waals surface area contributed by atoms with Gasteiger partial charge in [-0.15, -0.1) is 0 Å². The lowest BCUT2D eigenvalue weighted by Crippen LogP contribution is -2.43. The first-order chi connectivity index (χ1) is 9.72. The van der Waals surface area contributed by atoms with E-state index in [0.29, 0.717) is 6.54 Å². The third-order valence-corrected chi connectivity index (χ3v) is 4.10. The monoisotopic (exact) mass is 291 g/mol. The molecule has 1 aromatic carbocycles. The van der Waals surface area contributed by atoms with Crippen LogP contribution in [0.2, 0.25) is 0 Å². The number of carbonyl (C=O) groups excluding carboxylic acids is 1. The highest BCUT2D eigenvalue weighted by molar-refractivity contribution is 7.00. The summed E-state index contributed by atoms with van der Waals surface area (Å²) in [7, 11) is 0. The summed E-state index contributed by atoms with van der Waals surface area (Å²) in [6.45, 7) is 2.18. The zero-order valence-electron chi connectivity index (χ0n) is 11.1. The fraction of sp³-hybridized carbons (Fsp3) is 0.462. The second kappa shape index (κ2) is 5.82. The predicted molar refractivity (Wildman–Crippen MR) is 79.7 cm³/mol. The topological polar surface area (TPSA) is 84.1 Å². The highest BCUT2D eigenvalue weighted by Gasteiger charge is 2.18. The number of anilines is 1. The summed E-state index contributed by atoms with van der Waals surface area (Å²) in [5.74, 6) is -0.0130. The first-order valence-electron chi connectivity index (χ1n) is 6.71. The summed E-state index contributed by atoms with van der Waals surface area (Å²) >= 11 is 1.15. The van der Waals surface area contributed by atoms with Crippen molar-refractivity contribution in [2.75, 3.05) is 25.0 Å². The number of nitrogens with zero attached hydrogens (tertiary/aromatic N) is 3. The van der Waals surface area contributed by atoms with E-state index >= 15 is 0 Å². The summed E-state index contributed by atoms with van der Waals surface area (Å²) in [5, 5.41) is 2.92. The van der Waals surface area contributed by atoms with Gasteiger partial charge in [-0.1, -0.05) is 6.07 Å². The molecule has 1 aromatic heterocycles. The molecule has 3 N–H and O–H groups in total. The van der Waals surface area contributed by atoms with Crippen LogP contribution in [0.25, 0.3) is 11.0 Å². The molecule has 106 valence electrons. The van der Waals surface area contributed by atoms with E-state index < -0.39 is 0 Å². The van der Waals surface area contributed by atoms with E-state index in [-0.39, 0.29) is 11.9 Å². The van der Waals surface area contributed by atoms with E-state index in [1.165, 1.54) is 0 Å². The number of rotatable bonds is 3. The van der Waals surface area contributed by atoms with Crippen molar-refractivity contribution in [2.45, 2.75) is 18.9 Å². The molecule has 3 rings (SSSR count). The quantitative estimate of drug-likeness (QED) is 0.883. The molecule has 0 bridgehead atoms. The summed E-state index contributed by atoms with van der Waals surface area (Å²) in [6, 6.07) is 5.90. The number of likely N-dealkylation sites (tertiary alicyclic amines) is 1.